The van der Waals surface area contributed by atoms with Gasteiger partial charge < -0.3 is 9.30 Å². The van der Waals surface area contributed by atoms with Crippen LogP contribution in [0.5, 0.6) is 0 Å². The molecule has 0 aliphatic rings. The molecule has 0 N–H and O–H groups in total. The van der Waals surface area contributed by atoms with Crippen LogP contribution in [0.15, 0.2) is 30.6 Å². The maximum absolute atomic E-state index is 11.6. The molecule has 1 aromatic carbocycles. The van der Waals surface area contributed by atoms with E-state index in [4.69, 9.17) is 10.00 Å². The molecule has 0 saturated carbocycles. The molecule has 2 rings (SSSR count). The lowest BCUT2D eigenvalue weighted by Gasteiger charge is -2.10. The normalized spacial score (nSPS) is 12.0. The van der Waals surface area contributed by atoms with E-state index in [1.807, 2.05) is 30.3 Å². The molecule has 5 nitrogen and oxygen atoms in total. The van der Waals surface area contributed by atoms with Crippen LogP contribution in [0, 0.1) is 11.3 Å². The van der Waals surface area contributed by atoms with E-state index in [9.17, 15) is 4.79 Å². The molecule has 0 bridgehead atoms. The summed E-state index contributed by atoms with van der Waals surface area (Å²) in [6.45, 7) is 1.96. The molecule has 2 aromatic rings. The average Bonchev–Trinajstić information content (AvgIpc) is 2.75. The minimum atomic E-state index is -0.984. The van der Waals surface area contributed by atoms with E-state index in [0.717, 1.165) is 11.0 Å². The second-order valence-corrected chi connectivity index (χ2v) is 3.42. The van der Waals surface area contributed by atoms with Crippen molar-refractivity contribution in [2.75, 3.05) is 6.61 Å². The second kappa shape index (κ2) is 4.66. The third-order valence-corrected chi connectivity index (χ3v) is 2.39. The van der Waals surface area contributed by atoms with Gasteiger partial charge in [0.05, 0.1) is 24.0 Å². The zero-order chi connectivity index (χ0) is 12.3. The number of rotatable bonds is 3. The summed E-state index contributed by atoms with van der Waals surface area (Å²) in [5.41, 5.74) is 1.49. The highest BCUT2D eigenvalue weighted by molar-refractivity contribution is 5.82. The van der Waals surface area contributed by atoms with Crippen LogP contribution < -0.4 is 0 Å². The fourth-order valence-corrected chi connectivity index (χ4v) is 1.63. The number of hydrogen-bond acceptors (Lipinski definition) is 4. The van der Waals surface area contributed by atoms with Crippen molar-refractivity contribution in [3.8, 4) is 6.07 Å². The minimum absolute atomic E-state index is 0.254. The molecule has 0 spiro atoms. The number of fused-ring (bicyclic) bond motifs is 1. The fraction of sp³-hybridized carbons (Fsp3) is 0.250. The molecule has 1 atom stereocenters. The van der Waals surface area contributed by atoms with Crippen LogP contribution >= 0.6 is 0 Å². The standard InChI is InChI=1S/C12H11N3O2/c1-2-17-12(16)11(7-13)15-8-14-9-5-3-4-6-10(9)15/h3-6,8,11H,2H2,1H3. The van der Waals surface area contributed by atoms with Crippen molar-refractivity contribution in [3.05, 3.63) is 30.6 Å². The van der Waals surface area contributed by atoms with Crippen molar-refractivity contribution in [2.45, 2.75) is 13.0 Å². The molecule has 0 aliphatic carbocycles. The Morgan fingerprint density at radius 2 is 2.35 bits per heavy atom. The molecule has 0 aliphatic heterocycles. The number of benzene rings is 1. The number of imidazole rings is 1. The Hall–Kier alpha value is -2.35. The third-order valence-electron chi connectivity index (χ3n) is 2.39. The molecule has 0 radical (unpaired) electrons. The summed E-state index contributed by atoms with van der Waals surface area (Å²) in [6, 6.07) is 8.27. The van der Waals surface area contributed by atoms with E-state index in [1.165, 1.54) is 10.9 Å². The van der Waals surface area contributed by atoms with Gasteiger partial charge in [-0.1, -0.05) is 12.1 Å². The first-order valence-electron chi connectivity index (χ1n) is 5.25. The number of carbonyl (C=O) groups excluding carboxylic acids is 1. The summed E-state index contributed by atoms with van der Waals surface area (Å²) < 4.78 is 6.38. The predicted molar refractivity (Wildman–Crippen MR) is 61.0 cm³/mol. The van der Waals surface area contributed by atoms with E-state index in [0.29, 0.717) is 0 Å². The molecule has 86 valence electrons. The van der Waals surface area contributed by atoms with Crippen LogP contribution in [0.3, 0.4) is 0 Å². The van der Waals surface area contributed by atoms with Crippen LogP contribution in [-0.4, -0.2) is 22.1 Å². The Morgan fingerprint density at radius 3 is 3.06 bits per heavy atom. The highest BCUT2D eigenvalue weighted by Gasteiger charge is 2.22. The predicted octanol–water partition coefficient (Wildman–Crippen LogP) is 1.66. The van der Waals surface area contributed by atoms with Gasteiger partial charge in [-0.05, 0) is 19.1 Å². The summed E-state index contributed by atoms with van der Waals surface area (Å²) >= 11 is 0. The van der Waals surface area contributed by atoms with Gasteiger partial charge in [0, 0.05) is 0 Å². The van der Waals surface area contributed by atoms with E-state index in [2.05, 4.69) is 4.98 Å². The molecule has 1 unspecified atom stereocenters. The maximum atomic E-state index is 11.6. The van der Waals surface area contributed by atoms with Crippen molar-refractivity contribution >= 4 is 17.0 Å². The third kappa shape index (κ3) is 1.97. The number of aromatic nitrogens is 2. The van der Waals surface area contributed by atoms with Gasteiger partial charge in [-0.2, -0.15) is 5.26 Å². The van der Waals surface area contributed by atoms with Crippen molar-refractivity contribution in [3.63, 3.8) is 0 Å². The lowest BCUT2D eigenvalue weighted by Crippen LogP contribution is -2.19. The molecule has 0 amide bonds. The Labute approximate surface area is 98.2 Å². The number of nitrogens with zero attached hydrogens (tertiary/aromatic N) is 3. The number of nitriles is 1. The van der Waals surface area contributed by atoms with Crippen LogP contribution in [-0.2, 0) is 9.53 Å². The van der Waals surface area contributed by atoms with E-state index in [-0.39, 0.29) is 6.61 Å². The smallest absolute Gasteiger partial charge is 0.344 e. The Morgan fingerprint density at radius 1 is 1.59 bits per heavy atom. The second-order valence-electron chi connectivity index (χ2n) is 3.42. The number of para-hydroxylation sites is 2. The fourth-order valence-electron chi connectivity index (χ4n) is 1.63. The molecule has 1 aromatic heterocycles. The first-order valence-corrected chi connectivity index (χ1v) is 5.25. The number of ether oxygens (including phenoxy) is 1. The Kier molecular flexibility index (Phi) is 3.06. The zero-order valence-corrected chi connectivity index (χ0v) is 9.33. The molecule has 0 fully saturated rings. The molecular weight excluding hydrogens is 218 g/mol. The van der Waals surface area contributed by atoms with Gasteiger partial charge >= 0.3 is 5.97 Å². The van der Waals surface area contributed by atoms with Gasteiger partial charge in [0.25, 0.3) is 0 Å². The summed E-state index contributed by atoms with van der Waals surface area (Å²) in [6.07, 6.45) is 1.48. The molecule has 5 heteroatoms. The summed E-state index contributed by atoms with van der Waals surface area (Å²) in [5.74, 6) is -0.557. The van der Waals surface area contributed by atoms with Gasteiger partial charge in [-0.25, -0.2) is 9.78 Å². The summed E-state index contributed by atoms with van der Waals surface area (Å²) in [4.78, 5) is 15.8. The van der Waals surface area contributed by atoms with Gasteiger partial charge in [0.2, 0.25) is 6.04 Å². The van der Waals surface area contributed by atoms with Gasteiger partial charge in [0.15, 0.2) is 0 Å². The van der Waals surface area contributed by atoms with E-state index >= 15 is 0 Å². The lowest BCUT2D eigenvalue weighted by atomic mass is 10.2. The molecular formula is C12H11N3O2. The topological polar surface area (TPSA) is 67.9 Å². The Bertz CT molecular complexity index is 583. The summed E-state index contributed by atoms with van der Waals surface area (Å²) in [5, 5.41) is 9.05. The van der Waals surface area contributed by atoms with Crippen LogP contribution in [0.1, 0.15) is 13.0 Å². The van der Waals surface area contributed by atoms with Crippen LogP contribution in [0.25, 0.3) is 11.0 Å². The minimum Gasteiger partial charge on any atom is -0.464 e. The highest BCUT2D eigenvalue weighted by Crippen LogP contribution is 2.18. The Balaban J connectivity index is 2.44. The number of hydrogen-bond donors (Lipinski definition) is 0. The van der Waals surface area contributed by atoms with Crippen molar-refractivity contribution in [2.24, 2.45) is 0 Å². The number of carbonyl (C=O) groups is 1. The van der Waals surface area contributed by atoms with Crippen LogP contribution in [0.2, 0.25) is 0 Å². The molecule has 17 heavy (non-hydrogen) atoms. The lowest BCUT2D eigenvalue weighted by molar-refractivity contribution is -0.145. The van der Waals surface area contributed by atoms with Gasteiger partial charge in [-0.15, -0.1) is 0 Å². The average molecular weight is 229 g/mol. The van der Waals surface area contributed by atoms with Crippen molar-refractivity contribution in [1.29, 1.82) is 5.26 Å². The summed E-state index contributed by atoms with van der Waals surface area (Å²) in [7, 11) is 0. The van der Waals surface area contributed by atoms with Crippen molar-refractivity contribution < 1.29 is 9.53 Å². The highest BCUT2D eigenvalue weighted by atomic mass is 16.5. The van der Waals surface area contributed by atoms with Crippen molar-refractivity contribution in [1.82, 2.24) is 9.55 Å². The monoisotopic (exact) mass is 229 g/mol. The first kappa shape index (κ1) is 11.1. The van der Waals surface area contributed by atoms with E-state index in [1.54, 1.807) is 6.92 Å². The van der Waals surface area contributed by atoms with E-state index < -0.39 is 12.0 Å². The SMILES string of the molecule is CCOC(=O)C(C#N)n1cnc2ccccc21. The number of esters is 1. The maximum Gasteiger partial charge on any atom is 0.344 e. The first-order chi connectivity index (χ1) is 8.27. The zero-order valence-electron chi connectivity index (χ0n) is 9.33. The van der Waals surface area contributed by atoms with Gasteiger partial charge in [-0.3, -0.25) is 0 Å². The quantitative estimate of drug-likeness (QED) is 0.750. The molecule has 1 heterocycles. The van der Waals surface area contributed by atoms with Crippen LogP contribution in [0.4, 0.5) is 0 Å². The molecule has 0 saturated heterocycles. The largest absolute Gasteiger partial charge is 0.464 e. The van der Waals surface area contributed by atoms with Gasteiger partial charge in [0.1, 0.15) is 6.07 Å².